The molecule has 0 atom stereocenters. The summed E-state index contributed by atoms with van der Waals surface area (Å²) in [7, 11) is 0. The minimum absolute atomic E-state index is 1.30. The highest BCUT2D eigenvalue weighted by Crippen LogP contribution is 2.25. The molecule has 1 aliphatic carbocycles. The fraction of sp³-hybridized carbons (Fsp3) is 0.538. The van der Waals surface area contributed by atoms with Gasteiger partial charge in [-0.25, -0.2) is 0 Å². The van der Waals surface area contributed by atoms with Gasteiger partial charge >= 0.3 is 0 Å². The molecule has 0 aliphatic heterocycles. The van der Waals surface area contributed by atoms with Crippen LogP contribution in [0.3, 0.4) is 0 Å². The van der Waals surface area contributed by atoms with Crippen LogP contribution in [0.5, 0.6) is 0 Å². The molecule has 0 radical (unpaired) electrons. The first-order chi connectivity index (χ1) is 6.27. The zero-order valence-corrected chi connectivity index (χ0v) is 9.28. The minimum atomic E-state index is 1.30. The van der Waals surface area contributed by atoms with Crippen LogP contribution in [0.1, 0.15) is 42.5 Å². The Morgan fingerprint density at radius 1 is 1.00 bits per heavy atom. The molecule has 72 valence electrons. The molecule has 0 bridgehead atoms. The van der Waals surface area contributed by atoms with E-state index in [9.17, 15) is 0 Å². The fourth-order valence-electron chi connectivity index (χ4n) is 2.12. The molecule has 0 saturated carbocycles. The lowest BCUT2D eigenvalue weighted by Gasteiger charge is -2.04. The molecule has 0 heteroatoms. The van der Waals surface area contributed by atoms with Crippen LogP contribution in [0, 0.1) is 13.8 Å². The van der Waals surface area contributed by atoms with Crippen molar-refractivity contribution < 1.29 is 0 Å². The van der Waals surface area contributed by atoms with Gasteiger partial charge in [-0.2, -0.15) is 0 Å². The molecular weight excluding hydrogens is 156 g/mol. The average molecular weight is 176 g/mol. The summed E-state index contributed by atoms with van der Waals surface area (Å²) in [6.45, 7) is 8.42. The van der Waals surface area contributed by atoms with Crippen molar-refractivity contribution in [3.8, 4) is 0 Å². The van der Waals surface area contributed by atoms with Crippen molar-refractivity contribution in [1.82, 2.24) is 0 Å². The van der Waals surface area contributed by atoms with E-state index >= 15 is 0 Å². The lowest BCUT2D eigenvalue weighted by Crippen LogP contribution is -1.88. The van der Waals surface area contributed by atoms with Crippen LogP contribution >= 0.6 is 0 Å². The smallest absolute Gasteiger partial charge is 0.0270 e. The Morgan fingerprint density at radius 2 is 1.69 bits per heavy atom. The molecule has 1 aromatic carbocycles. The first kappa shape index (κ1) is 10.3. The molecule has 13 heavy (non-hydrogen) atoms. The molecule has 0 amide bonds. The van der Waals surface area contributed by atoms with E-state index in [4.69, 9.17) is 0 Å². The Balaban J connectivity index is 0.000000396. The van der Waals surface area contributed by atoms with Crippen LogP contribution in [0.4, 0.5) is 0 Å². The maximum absolute atomic E-state index is 2.34. The van der Waals surface area contributed by atoms with Gasteiger partial charge in [0.15, 0.2) is 0 Å². The van der Waals surface area contributed by atoms with Crippen LogP contribution in [0.15, 0.2) is 12.1 Å². The standard InChI is InChI=1S/C11H14.C2H6/c1-8-6-9(2)11-5-3-4-10(11)7-8;1-2/h6-7H,3-5H2,1-2H3;1-2H3. The van der Waals surface area contributed by atoms with Crippen molar-refractivity contribution in [3.63, 3.8) is 0 Å². The highest BCUT2D eigenvalue weighted by Gasteiger charge is 2.12. The van der Waals surface area contributed by atoms with Crippen LogP contribution in [0.2, 0.25) is 0 Å². The van der Waals surface area contributed by atoms with Crippen molar-refractivity contribution in [2.24, 2.45) is 0 Å². The normalized spacial score (nSPS) is 13.2. The molecule has 1 aromatic rings. The Kier molecular flexibility index (Phi) is 3.53. The number of fused-ring (bicyclic) bond motifs is 1. The van der Waals surface area contributed by atoms with Crippen LogP contribution in [-0.2, 0) is 12.8 Å². The van der Waals surface area contributed by atoms with Gasteiger partial charge in [0, 0.05) is 0 Å². The van der Waals surface area contributed by atoms with Crippen LogP contribution in [-0.4, -0.2) is 0 Å². The molecule has 1 aliphatic rings. The second kappa shape index (κ2) is 4.45. The van der Waals surface area contributed by atoms with E-state index in [-0.39, 0.29) is 0 Å². The Bertz CT molecular complexity index is 284. The van der Waals surface area contributed by atoms with Gasteiger partial charge in [-0.05, 0) is 49.8 Å². The highest BCUT2D eigenvalue weighted by molar-refractivity contribution is 5.40. The van der Waals surface area contributed by atoms with Gasteiger partial charge in [0.05, 0.1) is 0 Å². The molecule has 0 spiro atoms. The molecular formula is C13H20. The summed E-state index contributed by atoms with van der Waals surface area (Å²) in [6.07, 6.45) is 3.97. The summed E-state index contributed by atoms with van der Waals surface area (Å²) < 4.78 is 0. The summed E-state index contributed by atoms with van der Waals surface area (Å²) in [6, 6.07) is 4.64. The predicted molar refractivity (Wildman–Crippen MR) is 59.3 cm³/mol. The van der Waals surface area contributed by atoms with Gasteiger partial charge in [-0.3, -0.25) is 0 Å². The maximum atomic E-state index is 2.34. The Morgan fingerprint density at radius 3 is 2.38 bits per heavy atom. The van der Waals surface area contributed by atoms with Gasteiger partial charge in [0.25, 0.3) is 0 Å². The molecule has 0 aromatic heterocycles. The Labute approximate surface area is 82.0 Å². The van der Waals surface area contributed by atoms with Crippen LogP contribution in [0.25, 0.3) is 0 Å². The molecule has 0 fully saturated rings. The number of aryl methyl sites for hydroxylation is 3. The summed E-state index contributed by atoms with van der Waals surface area (Å²) in [5, 5.41) is 0. The van der Waals surface area contributed by atoms with Crippen molar-refractivity contribution in [3.05, 3.63) is 34.4 Å². The van der Waals surface area contributed by atoms with Gasteiger partial charge in [-0.15, -0.1) is 0 Å². The largest absolute Gasteiger partial charge is 0.0683 e. The third-order valence-electron chi connectivity index (χ3n) is 2.58. The number of rotatable bonds is 0. The molecule has 0 unspecified atom stereocenters. The summed E-state index contributed by atoms with van der Waals surface area (Å²) in [5.41, 5.74) is 6.14. The second-order valence-corrected chi connectivity index (χ2v) is 3.57. The maximum Gasteiger partial charge on any atom is -0.0270 e. The first-order valence-electron chi connectivity index (χ1n) is 5.36. The summed E-state index contributed by atoms with van der Waals surface area (Å²) >= 11 is 0. The SMILES string of the molecule is CC.Cc1cc(C)c2c(c1)CCC2. The minimum Gasteiger partial charge on any atom is -0.0683 e. The average Bonchev–Trinajstić information content (AvgIpc) is 2.55. The molecule has 0 nitrogen and oxygen atoms in total. The van der Waals surface area contributed by atoms with Gasteiger partial charge in [-0.1, -0.05) is 31.5 Å². The topological polar surface area (TPSA) is 0 Å². The monoisotopic (exact) mass is 176 g/mol. The van der Waals surface area contributed by atoms with Crippen molar-refractivity contribution in [2.75, 3.05) is 0 Å². The molecule has 0 saturated heterocycles. The zero-order chi connectivity index (χ0) is 9.84. The highest BCUT2D eigenvalue weighted by atomic mass is 14.2. The number of hydrogen-bond donors (Lipinski definition) is 0. The van der Waals surface area contributed by atoms with E-state index in [1.807, 2.05) is 13.8 Å². The lowest BCUT2D eigenvalue weighted by molar-refractivity contribution is 0.909. The van der Waals surface area contributed by atoms with Crippen molar-refractivity contribution in [1.29, 1.82) is 0 Å². The molecule has 0 N–H and O–H groups in total. The molecule has 2 rings (SSSR count). The van der Waals surface area contributed by atoms with E-state index in [0.29, 0.717) is 0 Å². The van der Waals surface area contributed by atoms with E-state index in [1.165, 1.54) is 30.4 Å². The lowest BCUT2D eigenvalue weighted by atomic mass is 10.0. The summed E-state index contributed by atoms with van der Waals surface area (Å²) in [4.78, 5) is 0. The van der Waals surface area contributed by atoms with Gasteiger partial charge in [0.1, 0.15) is 0 Å². The van der Waals surface area contributed by atoms with Crippen LogP contribution < -0.4 is 0 Å². The number of benzene rings is 1. The van der Waals surface area contributed by atoms with E-state index in [2.05, 4.69) is 26.0 Å². The van der Waals surface area contributed by atoms with Gasteiger partial charge < -0.3 is 0 Å². The third kappa shape index (κ3) is 2.12. The van der Waals surface area contributed by atoms with Crippen molar-refractivity contribution in [2.45, 2.75) is 47.0 Å². The zero-order valence-electron chi connectivity index (χ0n) is 9.28. The van der Waals surface area contributed by atoms with Gasteiger partial charge in [0.2, 0.25) is 0 Å². The van der Waals surface area contributed by atoms with E-state index in [0.717, 1.165) is 0 Å². The number of hydrogen-bond acceptors (Lipinski definition) is 0. The first-order valence-corrected chi connectivity index (χ1v) is 5.36. The third-order valence-corrected chi connectivity index (χ3v) is 2.58. The Hall–Kier alpha value is -0.780. The fourth-order valence-corrected chi connectivity index (χ4v) is 2.12. The molecule has 0 heterocycles. The predicted octanol–water partition coefficient (Wildman–Crippen LogP) is 3.82. The van der Waals surface area contributed by atoms with E-state index < -0.39 is 0 Å². The van der Waals surface area contributed by atoms with Crippen molar-refractivity contribution >= 4 is 0 Å². The summed E-state index contributed by atoms with van der Waals surface area (Å²) in [5.74, 6) is 0. The quantitative estimate of drug-likeness (QED) is 0.563. The van der Waals surface area contributed by atoms with E-state index in [1.54, 1.807) is 11.1 Å². The second-order valence-electron chi connectivity index (χ2n) is 3.57.